The van der Waals surface area contributed by atoms with E-state index in [4.69, 9.17) is 4.74 Å². The average molecular weight is 280 g/mol. The molecule has 0 aromatic rings. The Balaban J connectivity index is 1.67. The Kier molecular flexibility index (Phi) is 6.53. The van der Waals surface area contributed by atoms with E-state index >= 15 is 0 Å². The van der Waals surface area contributed by atoms with E-state index in [1.807, 2.05) is 0 Å². The maximum Gasteiger partial charge on any atom is 0.0469 e. The van der Waals surface area contributed by atoms with Gasteiger partial charge in [0.25, 0.3) is 0 Å². The third-order valence-corrected chi connectivity index (χ3v) is 4.82. The molecule has 0 amide bonds. The first-order valence-electron chi connectivity index (χ1n) is 8.34. The van der Waals surface area contributed by atoms with Crippen LogP contribution >= 0.6 is 0 Å². The minimum absolute atomic E-state index is 0.647. The molecule has 0 aromatic carbocycles. The largest absolute Gasteiger partial charge is 0.381 e. The number of allylic oxidation sites excluding steroid dienone is 1. The van der Waals surface area contributed by atoms with Gasteiger partial charge in [0, 0.05) is 31.8 Å². The highest BCUT2D eigenvalue weighted by Gasteiger charge is 2.24. The lowest BCUT2D eigenvalue weighted by Crippen LogP contribution is -2.48. The van der Waals surface area contributed by atoms with Gasteiger partial charge in [-0.2, -0.15) is 0 Å². The first-order valence-corrected chi connectivity index (χ1v) is 8.34. The van der Waals surface area contributed by atoms with Crippen molar-refractivity contribution >= 4 is 0 Å². The van der Waals surface area contributed by atoms with Gasteiger partial charge in [-0.05, 0) is 65.5 Å². The molecule has 2 aliphatic rings. The lowest BCUT2D eigenvalue weighted by atomic mass is 9.91. The molecule has 116 valence electrons. The zero-order valence-electron chi connectivity index (χ0n) is 13.5. The van der Waals surface area contributed by atoms with Crippen LogP contribution in [0.1, 0.15) is 46.5 Å². The van der Waals surface area contributed by atoms with Crippen molar-refractivity contribution in [1.82, 2.24) is 10.2 Å². The summed E-state index contributed by atoms with van der Waals surface area (Å²) in [5.74, 6) is 0.812. The molecule has 1 atom stereocenters. The Bertz CT molecular complexity index is 298. The molecule has 0 bridgehead atoms. The zero-order chi connectivity index (χ0) is 14.4. The quantitative estimate of drug-likeness (QED) is 0.784. The third-order valence-electron chi connectivity index (χ3n) is 4.82. The molecule has 0 saturated carbocycles. The molecule has 20 heavy (non-hydrogen) atoms. The highest BCUT2D eigenvalue weighted by Crippen LogP contribution is 2.20. The Morgan fingerprint density at radius 2 is 1.85 bits per heavy atom. The molecule has 2 aliphatic heterocycles. The summed E-state index contributed by atoms with van der Waals surface area (Å²) < 4.78 is 5.46. The average Bonchev–Trinajstić information content (AvgIpc) is 2.47. The summed E-state index contributed by atoms with van der Waals surface area (Å²) in [6.07, 6.45) is 7.40. The number of piperidine rings is 1. The molecule has 2 rings (SSSR count). The standard InChI is InChI=1S/C17H32N2O/c1-14(2)4-9-19-10-5-17(6-11-19)18-15(3)16-7-12-20-13-8-16/h4,15-18H,5-13H2,1-3H3. The van der Waals surface area contributed by atoms with Gasteiger partial charge in [-0.3, -0.25) is 4.90 Å². The Morgan fingerprint density at radius 1 is 1.20 bits per heavy atom. The maximum absolute atomic E-state index is 5.46. The van der Waals surface area contributed by atoms with Crippen molar-refractivity contribution in [3.63, 3.8) is 0 Å². The van der Waals surface area contributed by atoms with Crippen LogP contribution in [0.25, 0.3) is 0 Å². The van der Waals surface area contributed by atoms with Crippen LogP contribution in [-0.2, 0) is 4.74 Å². The van der Waals surface area contributed by atoms with Gasteiger partial charge in [0.05, 0.1) is 0 Å². The Hall–Kier alpha value is -0.380. The summed E-state index contributed by atoms with van der Waals surface area (Å²) in [5, 5.41) is 3.88. The van der Waals surface area contributed by atoms with Gasteiger partial charge < -0.3 is 10.1 Å². The van der Waals surface area contributed by atoms with E-state index in [-0.39, 0.29) is 0 Å². The van der Waals surface area contributed by atoms with Crippen LogP contribution in [0, 0.1) is 5.92 Å². The summed E-state index contributed by atoms with van der Waals surface area (Å²) >= 11 is 0. The normalized spacial score (nSPS) is 24.6. The van der Waals surface area contributed by atoms with E-state index in [9.17, 15) is 0 Å². The number of nitrogens with zero attached hydrogens (tertiary/aromatic N) is 1. The molecule has 0 aliphatic carbocycles. The summed E-state index contributed by atoms with van der Waals surface area (Å²) in [4.78, 5) is 2.57. The summed E-state index contributed by atoms with van der Waals surface area (Å²) in [6, 6.07) is 1.36. The monoisotopic (exact) mass is 280 g/mol. The van der Waals surface area contributed by atoms with Crippen LogP contribution in [-0.4, -0.2) is 49.8 Å². The zero-order valence-corrected chi connectivity index (χ0v) is 13.5. The fraction of sp³-hybridized carbons (Fsp3) is 0.882. The SMILES string of the molecule is CC(C)=CCN1CCC(NC(C)C2CCOCC2)CC1. The van der Waals surface area contributed by atoms with Gasteiger partial charge in [0.15, 0.2) is 0 Å². The smallest absolute Gasteiger partial charge is 0.0469 e. The van der Waals surface area contributed by atoms with Crippen molar-refractivity contribution < 1.29 is 4.74 Å². The Labute approximate surface area is 124 Å². The maximum atomic E-state index is 5.46. The van der Waals surface area contributed by atoms with Gasteiger partial charge in [0.1, 0.15) is 0 Å². The first-order chi connectivity index (χ1) is 9.65. The van der Waals surface area contributed by atoms with Crippen LogP contribution in [0.15, 0.2) is 11.6 Å². The van der Waals surface area contributed by atoms with Crippen molar-refractivity contribution in [1.29, 1.82) is 0 Å². The number of hydrogen-bond donors (Lipinski definition) is 1. The van der Waals surface area contributed by atoms with Crippen LogP contribution in [0.3, 0.4) is 0 Å². The summed E-state index contributed by atoms with van der Waals surface area (Å²) in [5.41, 5.74) is 1.43. The second-order valence-corrected chi connectivity index (χ2v) is 6.76. The van der Waals surface area contributed by atoms with Crippen LogP contribution in [0.4, 0.5) is 0 Å². The highest BCUT2D eigenvalue weighted by atomic mass is 16.5. The van der Waals surface area contributed by atoms with E-state index < -0.39 is 0 Å². The van der Waals surface area contributed by atoms with E-state index in [0.29, 0.717) is 6.04 Å². The fourth-order valence-electron chi connectivity index (χ4n) is 3.32. The number of likely N-dealkylation sites (tertiary alicyclic amines) is 1. The molecule has 3 nitrogen and oxygen atoms in total. The van der Waals surface area contributed by atoms with Crippen molar-refractivity contribution in [2.75, 3.05) is 32.8 Å². The molecule has 0 radical (unpaired) electrons. The number of ether oxygens (including phenoxy) is 1. The minimum Gasteiger partial charge on any atom is -0.381 e. The van der Waals surface area contributed by atoms with Crippen molar-refractivity contribution in [2.45, 2.75) is 58.5 Å². The minimum atomic E-state index is 0.647. The van der Waals surface area contributed by atoms with Crippen LogP contribution in [0.5, 0.6) is 0 Å². The van der Waals surface area contributed by atoms with Gasteiger partial charge in [0.2, 0.25) is 0 Å². The fourth-order valence-corrected chi connectivity index (χ4v) is 3.32. The van der Waals surface area contributed by atoms with Gasteiger partial charge in [-0.1, -0.05) is 11.6 Å². The molecule has 1 unspecified atom stereocenters. The molecule has 0 spiro atoms. The van der Waals surface area contributed by atoms with E-state index in [2.05, 4.69) is 37.1 Å². The summed E-state index contributed by atoms with van der Waals surface area (Å²) in [7, 11) is 0. The Morgan fingerprint density at radius 3 is 2.45 bits per heavy atom. The molecular weight excluding hydrogens is 248 g/mol. The van der Waals surface area contributed by atoms with Gasteiger partial charge in [-0.25, -0.2) is 0 Å². The predicted molar refractivity (Wildman–Crippen MR) is 85.0 cm³/mol. The summed E-state index contributed by atoms with van der Waals surface area (Å²) in [6.45, 7) is 12.3. The predicted octanol–water partition coefficient (Wildman–Crippen LogP) is 2.82. The molecule has 0 aromatic heterocycles. The van der Waals surface area contributed by atoms with Crippen LogP contribution in [0.2, 0.25) is 0 Å². The van der Waals surface area contributed by atoms with Gasteiger partial charge >= 0.3 is 0 Å². The second kappa shape index (κ2) is 8.16. The lowest BCUT2D eigenvalue weighted by Gasteiger charge is -2.36. The van der Waals surface area contributed by atoms with Crippen molar-refractivity contribution in [3.8, 4) is 0 Å². The van der Waals surface area contributed by atoms with Crippen molar-refractivity contribution in [3.05, 3.63) is 11.6 Å². The van der Waals surface area contributed by atoms with E-state index in [0.717, 1.165) is 31.7 Å². The van der Waals surface area contributed by atoms with E-state index in [1.54, 1.807) is 0 Å². The number of nitrogens with one attached hydrogen (secondary N) is 1. The number of hydrogen-bond acceptors (Lipinski definition) is 3. The highest BCUT2D eigenvalue weighted by molar-refractivity contribution is 4.96. The number of rotatable bonds is 5. The molecular formula is C17H32N2O. The lowest BCUT2D eigenvalue weighted by molar-refractivity contribution is 0.0527. The topological polar surface area (TPSA) is 24.5 Å². The van der Waals surface area contributed by atoms with Crippen molar-refractivity contribution in [2.24, 2.45) is 5.92 Å². The molecule has 3 heteroatoms. The molecule has 2 heterocycles. The third kappa shape index (κ3) is 5.19. The van der Waals surface area contributed by atoms with E-state index in [1.165, 1.54) is 44.3 Å². The molecule has 2 saturated heterocycles. The van der Waals surface area contributed by atoms with Gasteiger partial charge in [-0.15, -0.1) is 0 Å². The molecule has 2 fully saturated rings. The first kappa shape index (κ1) is 16.0. The second-order valence-electron chi connectivity index (χ2n) is 6.76. The molecule has 1 N–H and O–H groups in total. The van der Waals surface area contributed by atoms with Crippen LogP contribution < -0.4 is 5.32 Å².